The minimum atomic E-state index is -0.247. The van der Waals surface area contributed by atoms with Crippen LogP contribution in [0.4, 0.5) is 5.69 Å². The van der Waals surface area contributed by atoms with E-state index in [1.54, 1.807) is 10.9 Å². The number of aryl methyl sites for hydroxylation is 1. The normalized spacial score (nSPS) is 28.8. The van der Waals surface area contributed by atoms with E-state index in [9.17, 15) is 9.59 Å². The lowest BCUT2D eigenvalue weighted by Gasteiger charge is -2.57. The van der Waals surface area contributed by atoms with Gasteiger partial charge in [0.2, 0.25) is 5.91 Å². The predicted octanol–water partition coefficient (Wildman–Crippen LogP) is 3.62. The van der Waals surface area contributed by atoms with Crippen LogP contribution >= 0.6 is 0 Å². The van der Waals surface area contributed by atoms with Crippen LogP contribution in [0.5, 0.6) is 0 Å². The number of nitrogens with zero attached hydrogens (tertiary/aromatic N) is 3. The Labute approximate surface area is 180 Å². The lowest BCUT2D eigenvalue weighted by Crippen LogP contribution is -2.48. The third-order valence-corrected chi connectivity index (χ3v) is 7.82. The van der Waals surface area contributed by atoms with Gasteiger partial charge in [-0.1, -0.05) is 12.1 Å². The van der Waals surface area contributed by atoms with Crippen molar-refractivity contribution in [3.63, 3.8) is 0 Å². The Morgan fingerprint density at radius 2 is 1.74 bits per heavy atom. The summed E-state index contributed by atoms with van der Waals surface area (Å²) >= 11 is 0. The van der Waals surface area contributed by atoms with Crippen molar-refractivity contribution in [1.82, 2.24) is 19.5 Å². The van der Waals surface area contributed by atoms with E-state index < -0.39 is 0 Å². The fourth-order valence-corrected chi connectivity index (χ4v) is 6.90. The van der Waals surface area contributed by atoms with E-state index >= 15 is 0 Å². The number of anilines is 1. The Kier molecular flexibility index (Phi) is 4.26. The molecule has 1 amide bonds. The van der Waals surface area contributed by atoms with Gasteiger partial charge in [0.15, 0.2) is 11.2 Å². The summed E-state index contributed by atoms with van der Waals surface area (Å²) in [6, 6.07) is 8.56. The lowest BCUT2D eigenvalue weighted by atomic mass is 9.48. The lowest BCUT2D eigenvalue weighted by molar-refractivity contribution is -0.116. The topological polar surface area (TPSA) is 92.7 Å². The number of hydrogen-bond donors (Lipinski definition) is 2. The number of fused-ring (bicyclic) bond motifs is 1. The molecule has 31 heavy (non-hydrogen) atoms. The molecule has 0 radical (unpaired) electrons. The molecule has 7 heteroatoms. The Morgan fingerprint density at radius 3 is 2.42 bits per heavy atom. The second-order valence-corrected chi connectivity index (χ2v) is 9.92. The van der Waals surface area contributed by atoms with Crippen LogP contribution in [0.15, 0.2) is 41.7 Å². The number of imidazole rings is 1. The number of nitrogens with one attached hydrogen (secondary N) is 2. The van der Waals surface area contributed by atoms with E-state index in [1.165, 1.54) is 50.4 Å². The summed E-state index contributed by atoms with van der Waals surface area (Å²) in [5.41, 5.74) is 3.21. The fraction of sp³-hybridized carbons (Fsp3) is 0.500. The summed E-state index contributed by atoms with van der Waals surface area (Å²) in [4.78, 5) is 35.2. The van der Waals surface area contributed by atoms with Gasteiger partial charge in [-0.05, 0) is 79.4 Å². The first kappa shape index (κ1) is 18.8. The molecule has 7 rings (SSSR count). The number of aromatic amines is 1. The molecular formula is C24H27N5O2. The number of aromatic nitrogens is 4. The first-order chi connectivity index (χ1) is 15.1. The maximum atomic E-state index is 12.5. The van der Waals surface area contributed by atoms with Crippen molar-refractivity contribution in [2.24, 2.45) is 17.8 Å². The van der Waals surface area contributed by atoms with Gasteiger partial charge in [-0.2, -0.15) is 0 Å². The third-order valence-electron chi connectivity index (χ3n) is 7.82. The quantitative estimate of drug-likeness (QED) is 0.663. The van der Waals surface area contributed by atoms with E-state index in [-0.39, 0.29) is 17.9 Å². The van der Waals surface area contributed by atoms with Crippen LogP contribution < -0.4 is 10.9 Å². The fourth-order valence-electron chi connectivity index (χ4n) is 6.90. The van der Waals surface area contributed by atoms with Gasteiger partial charge in [0, 0.05) is 18.7 Å². The van der Waals surface area contributed by atoms with E-state index in [0.717, 1.165) is 23.4 Å². The molecule has 4 saturated carbocycles. The van der Waals surface area contributed by atoms with Gasteiger partial charge in [0.25, 0.3) is 5.56 Å². The Bertz CT molecular complexity index is 1160. The molecule has 1 aromatic carbocycles. The molecule has 0 saturated heterocycles. The van der Waals surface area contributed by atoms with Gasteiger partial charge in [-0.15, -0.1) is 0 Å². The molecule has 2 aromatic heterocycles. The summed E-state index contributed by atoms with van der Waals surface area (Å²) in [7, 11) is 0. The summed E-state index contributed by atoms with van der Waals surface area (Å²) < 4.78 is 1.68. The molecule has 4 aliphatic carbocycles. The molecule has 0 aliphatic heterocycles. The molecule has 0 unspecified atom stereocenters. The van der Waals surface area contributed by atoms with Gasteiger partial charge in [-0.3, -0.25) is 9.59 Å². The zero-order valence-corrected chi connectivity index (χ0v) is 17.5. The predicted molar refractivity (Wildman–Crippen MR) is 118 cm³/mol. The van der Waals surface area contributed by atoms with E-state index in [4.69, 9.17) is 0 Å². The van der Waals surface area contributed by atoms with Gasteiger partial charge in [-0.25, -0.2) is 9.97 Å². The van der Waals surface area contributed by atoms with Crippen LogP contribution in [0.25, 0.3) is 11.2 Å². The summed E-state index contributed by atoms with van der Waals surface area (Å²) in [6.45, 7) is 0.377. The zero-order valence-electron chi connectivity index (χ0n) is 17.5. The average molecular weight is 418 g/mol. The van der Waals surface area contributed by atoms with Crippen molar-refractivity contribution in [2.45, 2.75) is 56.9 Å². The van der Waals surface area contributed by atoms with E-state index in [2.05, 4.69) is 32.4 Å². The van der Waals surface area contributed by atoms with Gasteiger partial charge in [0.05, 0.1) is 12.7 Å². The second-order valence-electron chi connectivity index (χ2n) is 9.92. The largest absolute Gasteiger partial charge is 0.326 e. The second kappa shape index (κ2) is 7.04. The number of rotatable bonds is 5. The first-order valence-electron chi connectivity index (χ1n) is 11.4. The first-order valence-corrected chi connectivity index (χ1v) is 11.4. The summed E-state index contributed by atoms with van der Waals surface area (Å²) in [6.07, 6.45) is 11.5. The Hall–Kier alpha value is -2.96. The zero-order chi connectivity index (χ0) is 21.0. The molecule has 4 fully saturated rings. The molecule has 7 nitrogen and oxygen atoms in total. The molecule has 160 valence electrons. The Balaban J connectivity index is 1.12. The molecule has 4 aliphatic rings. The van der Waals surface area contributed by atoms with Crippen LogP contribution in [0, 0.1) is 17.8 Å². The van der Waals surface area contributed by atoms with Crippen molar-refractivity contribution in [3.05, 3.63) is 52.8 Å². The molecule has 0 atom stereocenters. The number of H-pyrrole nitrogens is 1. The maximum absolute atomic E-state index is 12.5. The molecule has 2 N–H and O–H groups in total. The van der Waals surface area contributed by atoms with Crippen molar-refractivity contribution in [1.29, 1.82) is 0 Å². The highest BCUT2D eigenvalue weighted by Crippen LogP contribution is 2.60. The molecule has 2 heterocycles. The number of benzene rings is 1. The van der Waals surface area contributed by atoms with Gasteiger partial charge in [0.1, 0.15) is 0 Å². The highest BCUT2D eigenvalue weighted by molar-refractivity contribution is 5.90. The molecular weight excluding hydrogens is 390 g/mol. The van der Waals surface area contributed by atoms with Crippen LogP contribution in [-0.4, -0.2) is 25.4 Å². The molecule has 3 aromatic rings. The van der Waals surface area contributed by atoms with Gasteiger partial charge < -0.3 is 14.9 Å². The molecule has 0 spiro atoms. The van der Waals surface area contributed by atoms with E-state index in [0.29, 0.717) is 23.1 Å². The maximum Gasteiger partial charge on any atom is 0.276 e. The van der Waals surface area contributed by atoms with Crippen molar-refractivity contribution < 1.29 is 4.79 Å². The standard InChI is InChI=1S/C24H27N5O2/c30-20(5-6-29-14-27-22-21(29)23(31)26-13-25-22)28-19-3-1-18(2-4-19)24-10-15-7-16(11-24)9-17(8-15)12-24/h1-4,13-17H,5-12H2,(H,28,30)(H,25,26,31). The monoisotopic (exact) mass is 417 g/mol. The smallest absolute Gasteiger partial charge is 0.276 e. The van der Waals surface area contributed by atoms with Crippen LogP contribution in [-0.2, 0) is 16.8 Å². The number of carbonyl (C=O) groups excluding carboxylic acids is 1. The molecule has 4 bridgehead atoms. The minimum Gasteiger partial charge on any atom is -0.326 e. The number of amides is 1. The Morgan fingerprint density at radius 1 is 1.06 bits per heavy atom. The SMILES string of the molecule is O=C(CCn1cnc2nc[nH]c(=O)c21)Nc1ccc(C23CC4CC(CC(C4)C2)C3)cc1. The van der Waals surface area contributed by atoms with Crippen molar-refractivity contribution in [3.8, 4) is 0 Å². The van der Waals surface area contributed by atoms with Crippen molar-refractivity contribution in [2.75, 3.05) is 5.32 Å². The average Bonchev–Trinajstić information content (AvgIpc) is 3.16. The van der Waals surface area contributed by atoms with Gasteiger partial charge >= 0.3 is 0 Å². The highest BCUT2D eigenvalue weighted by atomic mass is 16.1. The number of hydrogen-bond acceptors (Lipinski definition) is 4. The summed E-state index contributed by atoms with van der Waals surface area (Å²) in [5, 5.41) is 2.99. The number of carbonyl (C=O) groups is 1. The van der Waals surface area contributed by atoms with Crippen LogP contribution in [0.2, 0.25) is 0 Å². The van der Waals surface area contributed by atoms with E-state index in [1.807, 2.05) is 12.1 Å². The van der Waals surface area contributed by atoms with Crippen LogP contribution in [0.3, 0.4) is 0 Å². The highest BCUT2D eigenvalue weighted by Gasteiger charge is 2.51. The van der Waals surface area contributed by atoms with Crippen LogP contribution in [0.1, 0.15) is 50.5 Å². The van der Waals surface area contributed by atoms with Crippen molar-refractivity contribution >= 4 is 22.8 Å². The minimum absolute atomic E-state index is 0.0790. The third kappa shape index (κ3) is 3.27. The summed E-state index contributed by atoms with van der Waals surface area (Å²) in [5.74, 6) is 2.69.